The zero-order chi connectivity index (χ0) is 25.5. The molecule has 0 amide bonds. The van der Waals surface area contributed by atoms with Crippen LogP contribution in [-0.4, -0.2) is 9.97 Å². The lowest BCUT2D eigenvalue weighted by Gasteiger charge is -2.12. The second-order valence-corrected chi connectivity index (χ2v) is 10.6. The molecule has 0 unspecified atom stereocenters. The van der Waals surface area contributed by atoms with Crippen molar-refractivity contribution >= 4 is 31.5 Å². The highest BCUT2D eigenvalue weighted by Crippen LogP contribution is 2.37. The first-order chi connectivity index (χ1) is 18.7. The molecule has 0 saturated heterocycles. The predicted molar refractivity (Wildman–Crippen MR) is 161 cm³/mol. The van der Waals surface area contributed by atoms with Crippen LogP contribution < -0.4 is 0 Å². The van der Waals surface area contributed by atoms with E-state index < -0.39 is 0 Å². The van der Waals surface area contributed by atoms with Crippen LogP contribution in [0.25, 0.3) is 65.1 Å². The first-order valence-electron chi connectivity index (χ1n) is 12.7. The summed E-state index contributed by atoms with van der Waals surface area (Å²) in [4.78, 5) is 9.99. The van der Waals surface area contributed by atoms with Crippen LogP contribution in [0.4, 0.5) is 0 Å². The molecule has 3 heteroatoms. The van der Waals surface area contributed by atoms with E-state index in [4.69, 9.17) is 9.97 Å². The molecular formula is C35H24N2S. The molecule has 7 rings (SSSR count). The Morgan fingerprint density at radius 3 is 1.76 bits per heavy atom. The van der Waals surface area contributed by atoms with E-state index in [-0.39, 0.29) is 0 Å². The Balaban J connectivity index is 1.38. The number of hydrogen-bond acceptors (Lipinski definition) is 3. The van der Waals surface area contributed by atoms with Crippen LogP contribution in [0.1, 0.15) is 5.69 Å². The second kappa shape index (κ2) is 9.37. The van der Waals surface area contributed by atoms with Gasteiger partial charge in [-0.15, -0.1) is 11.3 Å². The number of aromatic nitrogens is 2. The lowest BCUT2D eigenvalue weighted by atomic mass is 9.95. The molecule has 2 nitrogen and oxygen atoms in total. The maximum Gasteiger partial charge on any atom is 0.160 e. The Morgan fingerprint density at radius 1 is 0.447 bits per heavy atom. The maximum absolute atomic E-state index is 5.10. The van der Waals surface area contributed by atoms with Crippen LogP contribution in [-0.2, 0) is 0 Å². The summed E-state index contributed by atoms with van der Waals surface area (Å²) in [5, 5.41) is 2.60. The number of thiophene rings is 1. The molecule has 0 bridgehead atoms. The molecule has 0 aliphatic carbocycles. The lowest BCUT2D eigenvalue weighted by Crippen LogP contribution is -1.96. The fraction of sp³-hybridized carbons (Fsp3) is 0.0286. The molecular weight excluding hydrogens is 480 g/mol. The monoisotopic (exact) mass is 504 g/mol. The summed E-state index contributed by atoms with van der Waals surface area (Å²) in [6, 6.07) is 45.0. The van der Waals surface area contributed by atoms with Gasteiger partial charge in [-0.2, -0.15) is 0 Å². The van der Waals surface area contributed by atoms with Gasteiger partial charge in [0.2, 0.25) is 0 Å². The summed E-state index contributed by atoms with van der Waals surface area (Å²) in [7, 11) is 0. The molecule has 0 atom stereocenters. The Morgan fingerprint density at radius 2 is 1.05 bits per heavy atom. The van der Waals surface area contributed by atoms with E-state index in [2.05, 4.69) is 127 Å². The van der Waals surface area contributed by atoms with E-state index in [1.807, 2.05) is 18.3 Å². The van der Waals surface area contributed by atoms with Crippen LogP contribution in [0.15, 0.2) is 127 Å². The molecule has 0 saturated carbocycles. The van der Waals surface area contributed by atoms with Crippen LogP contribution in [0, 0.1) is 6.92 Å². The van der Waals surface area contributed by atoms with Gasteiger partial charge in [0.1, 0.15) is 0 Å². The van der Waals surface area contributed by atoms with E-state index in [0.29, 0.717) is 0 Å². The molecule has 0 fully saturated rings. The lowest BCUT2D eigenvalue weighted by molar-refractivity contribution is 1.12. The van der Waals surface area contributed by atoms with Crippen LogP contribution >= 0.6 is 11.3 Å². The molecule has 5 aromatic carbocycles. The third-order valence-corrected chi connectivity index (χ3v) is 8.07. The molecule has 7 aromatic rings. The molecule has 0 aliphatic rings. The number of hydrogen-bond donors (Lipinski definition) is 0. The van der Waals surface area contributed by atoms with Crippen molar-refractivity contribution in [2.45, 2.75) is 6.92 Å². The summed E-state index contributed by atoms with van der Waals surface area (Å²) >= 11 is 1.83. The Labute approximate surface area is 225 Å². The Bertz CT molecular complexity index is 1860. The van der Waals surface area contributed by atoms with Gasteiger partial charge in [0.15, 0.2) is 5.82 Å². The summed E-state index contributed by atoms with van der Waals surface area (Å²) in [5.74, 6) is 0.742. The summed E-state index contributed by atoms with van der Waals surface area (Å²) in [6.45, 7) is 2.05. The smallest absolute Gasteiger partial charge is 0.160 e. The summed E-state index contributed by atoms with van der Waals surface area (Å²) < 4.78 is 2.59. The molecule has 0 spiro atoms. The van der Waals surface area contributed by atoms with Gasteiger partial charge in [-0.25, -0.2) is 9.97 Å². The standard InChI is InChI=1S/C35H24N2S/c1-23-18-32(26-16-17-31-30-14-8-9-15-33(30)38-34(31)22-26)37-35(36-23)29-20-27(24-10-4-2-5-11-24)19-28(21-29)25-12-6-3-7-13-25/h2-22H,1H3. The van der Waals surface area contributed by atoms with Crippen molar-refractivity contribution < 1.29 is 0 Å². The van der Waals surface area contributed by atoms with E-state index in [1.165, 1.54) is 31.3 Å². The SMILES string of the molecule is Cc1cc(-c2ccc3c(c2)sc2ccccc23)nc(-c2cc(-c3ccccc3)cc(-c3ccccc3)c2)n1. The van der Waals surface area contributed by atoms with Gasteiger partial charge in [-0.3, -0.25) is 0 Å². The highest BCUT2D eigenvalue weighted by Gasteiger charge is 2.13. The van der Waals surface area contributed by atoms with Crippen molar-refractivity contribution in [2.75, 3.05) is 0 Å². The van der Waals surface area contributed by atoms with Gasteiger partial charge >= 0.3 is 0 Å². The molecule has 2 aromatic heterocycles. The highest BCUT2D eigenvalue weighted by molar-refractivity contribution is 7.25. The van der Waals surface area contributed by atoms with Crippen molar-refractivity contribution in [3.8, 4) is 44.9 Å². The first kappa shape index (κ1) is 22.6. The summed E-state index contributed by atoms with van der Waals surface area (Å²) in [6.07, 6.45) is 0. The van der Waals surface area contributed by atoms with Gasteiger partial charge in [-0.05, 0) is 65.6 Å². The van der Waals surface area contributed by atoms with Gasteiger partial charge in [0.25, 0.3) is 0 Å². The van der Waals surface area contributed by atoms with Gasteiger partial charge in [0, 0.05) is 37.0 Å². The number of nitrogens with zero attached hydrogens (tertiary/aromatic N) is 2. The molecule has 180 valence electrons. The first-order valence-corrected chi connectivity index (χ1v) is 13.6. The molecule has 0 radical (unpaired) electrons. The van der Waals surface area contributed by atoms with E-state index in [1.54, 1.807) is 0 Å². The van der Waals surface area contributed by atoms with Crippen LogP contribution in [0.3, 0.4) is 0 Å². The van der Waals surface area contributed by atoms with Crippen LogP contribution in [0.5, 0.6) is 0 Å². The minimum atomic E-state index is 0.742. The maximum atomic E-state index is 5.10. The average Bonchev–Trinajstić information content (AvgIpc) is 3.35. The zero-order valence-corrected chi connectivity index (χ0v) is 21.7. The van der Waals surface area contributed by atoms with Crippen LogP contribution in [0.2, 0.25) is 0 Å². The zero-order valence-electron chi connectivity index (χ0n) is 20.9. The predicted octanol–water partition coefficient (Wildman–Crippen LogP) is 9.82. The van der Waals surface area contributed by atoms with E-state index in [9.17, 15) is 0 Å². The average molecular weight is 505 g/mol. The fourth-order valence-corrected chi connectivity index (χ4v) is 6.23. The van der Waals surface area contributed by atoms with Crippen molar-refractivity contribution in [1.29, 1.82) is 0 Å². The number of benzene rings is 5. The summed E-state index contributed by atoms with van der Waals surface area (Å²) in [5.41, 5.74) is 8.67. The largest absolute Gasteiger partial charge is 0.233 e. The van der Waals surface area contributed by atoms with Gasteiger partial charge in [-0.1, -0.05) is 91.0 Å². The Hall–Kier alpha value is -4.60. The van der Waals surface area contributed by atoms with Crippen molar-refractivity contribution in [2.24, 2.45) is 0 Å². The van der Waals surface area contributed by atoms with E-state index >= 15 is 0 Å². The molecule has 0 N–H and O–H groups in total. The third kappa shape index (κ3) is 4.17. The topological polar surface area (TPSA) is 25.8 Å². The highest BCUT2D eigenvalue weighted by atomic mass is 32.1. The molecule has 38 heavy (non-hydrogen) atoms. The van der Waals surface area contributed by atoms with Crippen molar-refractivity contribution in [3.63, 3.8) is 0 Å². The van der Waals surface area contributed by atoms with Gasteiger partial charge in [0.05, 0.1) is 5.69 Å². The second-order valence-electron chi connectivity index (χ2n) is 9.56. The normalized spacial score (nSPS) is 11.3. The number of rotatable bonds is 4. The molecule has 2 heterocycles. The fourth-order valence-electron chi connectivity index (χ4n) is 5.08. The minimum absolute atomic E-state index is 0.742. The van der Waals surface area contributed by atoms with E-state index in [0.717, 1.165) is 39.5 Å². The van der Waals surface area contributed by atoms with Crippen molar-refractivity contribution in [1.82, 2.24) is 9.97 Å². The third-order valence-electron chi connectivity index (χ3n) is 6.93. The Kier molecular flexibility index (Phi) is 5.57. The molecule has 0 aliphatic heterocycles. The number of fused-ring (bicyclic) bond motifs is 3. The minimum Gasteiger partial charge on any atom is -0.233 e. The van der Waals surface area contributed by atoms with Gasteiger partial charge < -0.3 is 0 Å². The quantitative estimate of drug-likeness (QED) is 0.238. The van der Waals surface area contributed by atoms with Crippen molar-refractivity contribution in [3.05, 3.63) is 133 Å². The number of aryl methyl sites for hydroxylation is 1.